The number of nitrogens with zero attached hydrogens (tertiary/aromatic N) is 1. The van der Waals surface area contributed by atoms with Crippen LogP contribution in [0.2, 0.25) is 0 Å². The van der Waals surface area contributed by atoms with E-state index in [1.165, 1.54) is 23.8 Å². The van der Waals surface area contributed by atoms with E-state index in [1.807, 2.05) is 6.92 Å². The van der Waals surface area contributed by atoms with Gasteiger partial charge in [-0.1, -0.05) is 13.3 Å². The number of rotatable bonds is 4. The maximum atomic E-state index is 12.1. The maximum Gasteiger partial charge on any atom is 0.297 e. The van der Waals surface area contributed by atoms with E-state index in [0.717, 1.165) is 12.8 Å². The van der Waals surface area contributed by atoms with Gasteiger partial charge in [-0.15, -0.1) is 0 Å². The molecular formula is C14H17NO4. The van der Waals surface area contributed by atoms with Gasteiger partial charge in [0.05, 0.1) is 12.6 Å². The summed E-state index contributed by atoms with van der Waals surface area (Å²) >= 11 is 0. The minimum Gasteiger partial charge on any atom is -0.508 e. The van der Waals surface area contributed by atoms with Crippen molar-refractivity contribution in [1.29, 1.82) is 0 Å². The zero-order valence-corrected chi connectivity index (χ0v) is 11.0. The number of aromatic nitrogens is 1. The number of hydrogen-bond donors (Lipinski definition) is 2. The van der Waals surface area contributed by atoms with Crippen molar-refractivity contribution in [2.45, 2.75) is 26.3 Å². The Morgan fingerprint density at radius 2 is 2.05 bits per heavy atom. The van der Waals surface area contributed by atoms with Gasteiger partial charge in [0.1, 0.15) is 5.75 Å². The fraction of sp³-hybridized carbons (Fsp3) is 0.357. The van der Waals surface area contributed by atoms with Crippen molar-refractivity contribution in [2.75, 3.05) is 7.11 Å². The van der Waals surface area contributed by atoms with E-state index < -0.39 is 11.3 Å². The highest BCUT2D eigenvalue weighted by atomic mass is 16.5. The van der Waals surface area contributed by atoms with Crippen LogP contribution in [0, 0.1) is 0 Å². The number of phenols is 1. The number of fused-ring (bicyclic) bond motifs is 1. The van der Waals surface area contributed by atoms with Gasteiger partial charge >= 0.3 is 0 Å². The number of unbranched alkanes of at least 4 members (excludes halogenated alkanes) is 1. The van der Waals surface area contributed by atoms with Gasteiger partial charge in [0.2, 0.25) is 5.75 Å². The molecule has 1 heterocycles. The molecule has 1 aromatic heterocycles. The SMILES string of the molecule is CCCCn1c(=O)c(O)c(OC)c2ccc(O)cc21. The minimum atomic E-state index is -0.497. The molecule has 0 radical (unpaired) electrons. The number of benzene rings is 1. The van der Waals surface area contributed by atoms with Gasteiger partial charge in [-0.3, -0.25) is 4.79 Å². The average molecular weight is 263 g/mol. The second kappa shape index (κ2) is 5.22. The van der Waals surface area contributed by atoms with Crippen molar-refractivity contribution >= 4 is 10.9 Å². The first-order valence-electron chi connectivity index (χ1n) is 6.22. The molecule has 0 bridgehead atoms. The van der Waals surface area contributed by atoms with E-state index in [-0.39, 0.29) is 11.5 Å². The lowest BCUT2D eigenvalue weighted by molar-refractivity contribution is 0.370. The molecule has 0 amide bonds. The van der Waals surface area contributed by atoms with Crippen LogP contribution in [0.4, 0.5) is 0 Å². The number of hydrogen-bond acceptors (Lipinski definition) is 4. The Kier molecular flexibility index (Phi) is 3.64. The molecule has 0 saturated heterocycles. The van der Waals surface area contributed by atoms with Gasteiger partial charge in [-0.05, 0) is 18.6 Å². The molecule has 0 aliphatic carbocycles. The molecule has 5 heteroatoms. The molecule has 0 saturated carbocycles. The van der Waals surface area contributed by atoms with Crippen LogP contribution in [0.1, 0.15) is 19.8 Å². The minimum absolute atomic E-state index is 0.0740. The van der Waals surface area contributed by atoms with Crippen LogP contribution in [-0.2, 0) is 6.54 Å². The number of ether oxygens (including phenoxy) is 1. The van der Waals surface area contributed by atoms with E-state index >= 15 is 0 Å². The van der Waals surface area contributed by atoms with Crippen LogP contribution in [-0.4, -0.2) is 21.9 Å². The molecule has 0 spiro atoms. The summed E-state index contributed by atoms with van der Waals surface area (Å²) in [6.45, 7) is 2.51. The predicted octanol–water partition coefficient (Wildman–Crippen LogP) is 2.22. The van der Waals surface area contributed by atoms with Gasteiger partial charge < -0.3 is 19.5 Å². The lowest BCUT2D eigenvalue weighted by Crippen LogP contribution is -2.21. The third-order valence-electron chi connectivity index (χ3n) is 3.12. The molecule has 0 aliphatic heterocycles. The van der Waals surface area contributed by atoms with Crippen LogP contribution < -0.4 is 10.3 Å². The van der Waals surface area contributed by atoms with E-state index in [4.69, 9.17) is 4.74 Å². The highest BCUT2D eigenvalue weighted by Crippen LogP contribution is 2.33. The Bertz CT molecular complexity index is 661. The second-order valence-electron chi connectivity index (χ2n) is 4.39. The summed E-state index contributed by atoms with van der Waals surface area (Å²) in [6.07, 6.45) is 1.75. The predicted molar refractivity (Wildman–Crippen MR) is 73.0 cm³/mol. The fourth-order valence-electron chi connectivity index (χ4n) is 2.14. The van der Waals surface area contributed by atoms with Gasteiger partial charge in [0, 0.05) is 18.0 Å². The third kappa shape index (κ3) is 2.23. The lowest BCUT2D eigenvalue weighted by atomic mass is 10.1. The zero-order valence-electron chi connectivity index (χ0n) is 11.0. The molecule has 2 N–H and O–H groups in total. The summed E-state index contributed by atoms with van der Waals surface area (Å²) in [5.41, 5.74) is 0.0662. The Morgan fingerprint density at radius 3 is 2.68 bits per heavy atom. The maximum absolute atomic E-state index is 12.1. The van der Waals surface area contributed by atoms with E-state index in [9.17, 15) is 15.0 Å². The van der Waals surface area contributed by atoms with Crippen LogP contribution in [0.25, 0.3) is 10.9 Å². The summed E-state index contributed by atoms with van der Waals surface area (Å²) in [5, 5.41) is 20.1. The van der Waals surface area contributed by atoms with Crippen LogP contribution in [0.5, 0.6) is 17.2 Å². The Labute approximate surface area is 110 Å². The number of phenolic OH excluding ortho intramolecular Hbond substituents is 1. The summed E-state index contributed by atoms with van der Waals surface area (Å²) in [5.74, 6) is -0.172. The first-order chi connectivity index (χ1) is 9.10. The van der Waals surface area contributed by atoms with E-state index in [1.54, 1.807) is 6.07 Å². The lowest BCUT2D eigenvalue weighted by Gasteiger charge is -2.14. The van der Waals surface area contributed by atoms with Gasteiger partial charge in [0.15, 0.2) is 5.75 Å². The van der Waals surface area contributed by atoms with Crippen molar-refractivity contribution in [3.05, 3.63) is 28.6 Å². The monoisotopic (exact) mass is 263 g/mol. The van der Waals surface area contributed by atoms with Gasteiger partial charge in [-0.25, -0.2) is 0 Å². The molecule has 0 fully saturated rings. The standard InChI is InChI=1S/C14H17NO4/c1-3-4-7-15-11-8-9(16)5-6-10(11)13(19-2)12(17)14(15)18/h5-6,8,16-17H,3-4,7H2,1-2H3. The third-order valence-corrected chi connectivity index (χ3v) is 3.12. The quantitative estimate of drug-likeness (QED) is 0.887. The number of aryl methyl sites for hydroxylation is 1. The second-order valence-corrected chi connectivity index (χ2v) is 4.39. The molecule has 2 rings (SSSR count). The van der Waals surface area contributed by atoms with Crippen molar-refractivity contribution in [2.24, 2.45) is 0 Å². The summed E-state index contributed by atoms with van der Waals surface area (Å²) in [4.78, 5) is 12.1. The van der Waals surface area contributed by atoms with Gasteiger partial charge in [0.25, 0.3) is 5.56 Å². The topological polar surface area (TPSA) is 71.7 Å². The molecular weight excluding hydrogens is 246 g/mol. The molecule has 1 aromatic carbocycles. The largest absolute Gasteiger partial charge is 0.508 e. The molecule has 2 aromatic rings. The van der Waals surface area contributed by atoms with Crippen LogP contribution in [0.15, 0.2) is 23.0 Å². The van der Waals surface area contributed by atoms with Crippen molar-refractivity contribution in [1.82, 2.24) is 4.57 Å². The normalized spacial score (nSPS) is 10.8. The van der Waals surface area contributed by atoms with E-state index in [0.29, 0.717) is 17.4 Å². The average Bonchev–Trinajstić information content (AvgIpc) is 2.40. The molecule has 0 aliphatic rings. The first-order valence-corrected chi connectivity index (χ1v) is 6.22. The highest BCUT2D eigenvalue weighted by molar-refractivity contribution is 5.88. The van der Waals surface area contributed by atoms with Crippen molar-refractivity contribution in [3.63, 3.8) is 0 Å². The number of methoxy groups -OCH3 is 1. The molecule has 102 valence electrons. The summed E-state index contributed by atoms with van der Waals surface area (Å²) < 4.78 is 6.56. The molecule has 0 atom stereocenters. The fourth-order valence-corrected chi connectivity index (χ4v) is 2.14. The number of aromatic hydroxyl groups is 2. The van der Waals surface area contributed by atoms with Crippen molar-refractivity contribution in [3.8, 4) is 17.2 Å². The van der Waals surface area contributed by atoms with Crippen LogP contribution >= 0.6 is 0 Å². The van der Waals surface area contributed by atoms with Crippen LogP contribution in [0.3, 0.4) is 0 Å². The Balaban J connectivity index is 2.82. The molecule has 19 heavy (non-hydrogen) atoms. The van der Waals surface area contributed by atoms with E-state index in [2.05, 4.69) is 0 Å². The van der Waals surface area contributed by atoms with Gasteiger partial charge in [-0.2, -0.15) is 0 Å². The summed E-state index contributed by atoms with van der Waals surface area (Å²) in [6, 6.07) is 4.64. The smallest absolute Gasteiger partial charge is 0.297 e. The highest BCUT2D eigenvalue weighted by Gasteiger charge is 2.16. The summed E-state index contributed by atoms with van der Waals surface area (Å²) in [7, 11) is 1.40. The number of pyridine rings is 1. The van der Waals surface area contributed by atoms with Crippen molar-refractivity contribution < 1.29 is 14.9 Å². The Hall–Kier alpha value is -2.17. The molecule has 5 nitrogen and oxygen atoms in total. The molecule has 0 unspecified atom stereocenters. The zero-order chi connectivity index (χ0) is 14.0. The Morgan fingerprint density at radius 1 is 1.32 bits per heavy atom. The first kappa shape index (κ1) is 13.3.